The average molecular weight is 283 g/mol. The summed E-state index contributed by atoms with van der Waals surface area (Å²) in [6.07, 6.45) is 1.40. The molecule has 94 valence electrons. The van der Waals surface area contributed by atoms with Gasteiger partial charge in [0.2, 0.25) is 0 Å². The van der Waals surface area contributed by atoms with Gasteiger partial charge in [0.25, 0.3) is 0 Å². The summed E-state index contributed by atoms with van der Waals surface area (Å²) in [5.41, 5.74) is 2.73. The van der Waals surface area contributed by atoms with Crippen molar-refractivity contribution in [2.24, 2.45) is 0 Å². The third-order valence-corrected chi connectivity index (χ3v) is 3.37. The molecule has 0 fully saturated rings. The van der Waals surface area contributed by atoms with Gasteiger partial charge in [0, 0.05) is 11.8 Å². The zero-order valence-electron chi connectivity index (χ0n) is 11.6. The molecule has 0 unspecified atom stereocenters. The molecule has 0 aliphatic heterocycles. The van der Waals surface area contributed by atoms with Crippen LogP contribution in [0.2, 0.25) is 0 Å². The SMILES string of the molecule is [B]c1cnc2c(n1)c1nc([B])c([B])nc1c1nc([B])c([B])nc21. The lowest BCUT2D eigenvalue weighted by molar-refractivity contribution is 1.31. The summed E-state index contributed by atoms with van der Waals surface area (Å²) in [6.45, 7) is 0. The van der Waals surface area contributed by atoms with E-state index in [1.807, 2.05) is 0 Å². The van der Waals surface area contributed by atoms with Gasteiger partial charge in [-0.1, -0.05) is 0 Å². The van der Waals surface area contributed by atoms with Crippen molar-refractivity contribution < 1.29 is 0 Å². The van der Waals surface area contributed by atoms with E-state index in [0.717, 1.165) is 0 Å². The minimum atomic E-state index is 0.0622. The van der Waals surface area contributed by atoms with E-state index in [1.54, 1.807) is 0 Å². The number of rotatable bonds is 0. The van der Waals surface area contributed by atoms with Crippen LogP contribution in [0.25, 0.3) is 33.1 Å². The largest absolute Gasteiger partial charge is 0.259 e. The molecule has 23 heavy (non-hydrogen) atoms. The van der Waals surface area contributed by atoms with Crippen LogP contribution < -0.4 is 28.0 Å². The lowest BCUT2D eigenvalue weighted by Crippen LogP contribution is -2.34. The monoisotopic (exact) mass is 284 g/mol. The minimum absolute atomic E-state index is 0.0622. The Balaban J connectivity index is 2.39. The summed E-state index contributed by atoms with van der Waals surface area (Å²) in [4.78, 5) is 25.5. The fraction of sp³-hybridized carbons (Fsp3) is 0. The van der Waals surface area contributed by atoms with Gasteiger partial charge in [0.1, 0.15) is 72.3 Å². The van der Waals surface area contributed by atoms with Crippen LogP contribution in [-0.2, 0) is 0 Å². The van der Waals surface area contributed by atoms with E-state index in [0.29, 0.717) is 33.1 Å². The van der Waals surface area contributed by atoms with Gasteiger partial charge >= 0.3 is 0 Å². The van der Waals surface area contributed by atoms with Crippen molar-refractivity contribution in [3.63, 3.8) is 0 Å². The number of hydrogen-bond donors (Lipinski definition) is 0. The first-order valence-corrected chi connectivity index (χ1v) is 6.45. The second-order valence-corrected chi connectivity index (χ2v) is 4.87. The van der Waals surface area contributed by atoms with Gasteiger partial charge in [0.05, 0.1) is 0 Å². The fourth-order valence-electron chi connectivity index (χ4n) is 2.32. The molecular formula is C12HB5N6. The highest BCUT2D eigenvalue weighted by Gasteiger charge is 2.17. The molecule has 0 saturated heterocycles. The molecule has 10 radical (unpaired) electrons. The van der Waals surface area contributed by atoms with Crippen molar-refractivity contribution in [1.82, 2.24) is 29.9 Å². The van der Waals surface area contributed by atoms with Crippen LogP contribution in [0.5, 0.6) is 0 Å². The predicted octanol–water partition coefficient (Wildman–Crippen LogP) is -4.51. The first kappa shape index (κ1) is 14.2. The molecule has 0 N–H and O–H groups in total. The fourth-order valence-corrected chi connectivity index (χ4v) is 2.32. The molecule has 4 rings (SSSR count). The topological polar surface area (TPSA) is 77.3 Å². The van der Waals surface area contributed by atoms with Crippen molar-refractivity contribution in [3.05, 3.63) is 6.20 Å². The van der Waals surface area contributed by atoms with Crippen molar-refractivity contribution >= 4 is 100 Å². The maximum atomic E-state index is 5.76. The quantitative estimate of drug-likeness (QED) is 0.239. The molecule has 0 atom stereocenters. The third-order valence-electron chi connectivity index (χ3n) is 3.37. The van der Waals surface area contributed by atoms with Crippen LogP contribution in [0.3, 0.4) is 0 Å². The second-order valence-electron chi connectivity index (χ2n) is 4.87. The Kier molecular flexibility index (Phi) is 2.95. The molecule has 0 aliphatic carbocycles. The lowest BCUT2D eigenvalue weighted by Gasteiger charge is -2.11. The van der Waals surface area contributed by atoms with Crippen molar-refractivity contribution in [2.45, 2.75) is 0 Å². The van der Waals surface area contributed by atoms with Gasteiger partial charge < -0.3 is 0 Å². The summed E-state index contributed by atoms with van der Waals surface area (Å²) in [5, 5.41) is 0. The Bertz CT molecular complexity index is 1090. The molecule has 0 aliphatic rings. The van der Waals surface area contributed by atoms with E-state index in [4.69, 9.17) is 39.2 Å². The number of benzene rings is 1. The molecule has 6 nitrogen and oxygen atoms in total. The zero-order chi connectivity index (χ0) is 16.3. The van der Waals surface area contributed by atoms with Crippen LogP contribution in [0.4, 0.5) is 0 Å². The van der Waals surface area contributed by atoms with Gasteiger partial charge in [-0.25, -0.2) is 0 Å². The average Bonchev–Trinajstić information content (AvgIpc) is 2.51. The lowest BCUT2D eigenvalue weighted by atomic mass is 9.89. The number of hydrogen-bond acceptors (Lipinski definition) is 6. The Labute approximate surface area is 137 Å². The first-order valence-electron chi connectivity index (χ1n) is 6.45. The minimum Gasteiger partial charge on any atom is -0.259 e. The van der Waals surface area contributed by atoms with E-state index in [-0.39, 0.29) is 28.0 Å². The number of nitrogens with zero attached hydrogens (tertiary/aromatic N) is 6. The maximum absolute atomic E-state index is 5.76. The second kappa shape index (κ2) is 4.78. The van der Waals surface area contributed by atoms with E-state index in [1.165, 1.54) is 6.20 Å². The molecule has 0 bridgehead atoms. The van der Waals surface area contributed by atoms with E-state index < -0.39 is 0 Å². The van der Waals surface area contributed by atoms with Gasteiger partial charge in [0.15, 0.2) is 0 Å². The zero-order valence-corrected chi connectivity index (χ0v) is 11.6. The molecule has 4 aromatic rings. The maximum Gasteiger partial charge on any atom is 0.143 e. The summed E-state index contributed by atoms with van der Waals surface area (Å²) < 4.78 is 0. The van der Waals surface area contributed by atoms with E-state index in [2.05, 4.69) is 29.9 Å². The highest BCUT2D eigenvalue weighted by atomic mass is 14.9. The molecule has 0 saturated carbocycles. The smallest absolute Gasteiger partial charge is 0.143 e. The highest BCUT2D eigenvalue weighted by molar-refractivity contribution is 6.48. The van der Waals surface area contributed by atoms with Crippen LogP contribution in [0.15, 0.2) is 6.20 Å². The highest BCUT2D eigenvalue weighted by Crippen LogP contribution is 2.25. The normalized spacial score (nSPS) is 11.5. The standard InChI is InChI=1S/C12HB5N6/c13-2-1-18-3-4(19-2)6-8(23-12(17)11(16)21-6)7-5(3)20-9(14)10(15)22-7/h1H. The first-order chi connectivity index (χ1) is 11.0. The number of fused-ring (bicyclic) bond motifs is 6. The van der Waals surface area contributed by atoms with Crippen molar-refractivity contribution in [1.29, 1.82) is 0 Å². The van der Waals surface area contributed by atoms with Crippen LogP contribution in [0, 0.1) is 0 Å². The molecular weight excluding hydrogens is 282 g/mol. The predicted molar refractivity (Wildman–Crippen MR) is 92.7 cm³/mol. The van der Waals surface area contributed by atoms with Gasteiger partial charge in [-0.15, -0.1) is 0 Å². The van der Waals surface area contributed by atoms with Crippen molar-refractivity contribution in [3.8, 4) is 0 Å². The van der Waals surface area contributed by atoms with Gasteiger partial charge in [-0.3, -0.25) is 29.9 Å². The number of aromatic nitrogens is 6. The Morgan fingerprint density at radius 2 is 0.826 bits per heavy atom. The van der Waals surface area contributed by atoms with Crippen LogP contribution in [-0.4, -0.2) is 69.1 Å². The summed E-state index contributed by atoms with van der Waals surface area (Å²) in [5.74, 6) is 0. The summed E-state index contributed by atoms with van der Waals surface area (Å²) >= 11 is 0. The van der Waals surface area contributed by atoms with Gasteiger partial charge in [-0.05, 0) is 22.4 Å². The van der Waals surface area contributed by atoms with E-state index in [9.17, 15) is 0 Å². The summed E-state index contributed by atoms with van der Waals surface area (Å²) in [6, 6.07) is 0. The third kappa shape index (κ3) is 2.03. The Morgan fingerprint density at radius 3 is 1.26 bits per heavy atom. The van der Waals surface area contributed by atoms with Gasteiger partial charge in [-0.2, -0.15) is 0 Å². The molecule has 1 aromatic carbocycles. The van der Waals surface area contributed by atoms with E-state index >= 15 is 0 Å². The molecule has 3 aromatic heterocycles. The molecule has 0 amide bonds. The summed E-state index contributed by atoms with van der Waals surface area (Å²) in [7, 11) is 28.7. The van der Waals surface area contributed by atoms with Crippen LogP contribution >= 0.6 is 0 Å². The van der Waals surface area contributed by atoms with Crippen LogP contribution in [0.1, 0.15) is 0 Å². The molecule has 11 heteroatoms. The molecule has 0 spiro atoms. The van der Waals surface area contributed by atoms with Crippen molar-refractivity contribution in [2.75, 3.05) is 0 Å². The Hall–Kier alpha value is -2.44. The Morgan fingerprint density at radius 1 is 0.478 bits per heavy atom. The molecule has 3 heterocycles.